The molecule has 1 fully saturated rings. The second-order valence-electron chi connectivity index (χ2n) is 3.98. The van der Waals surface area contributed by atoms with Crippen molar-refractivity contribution < 1.29 is 0 Å². The topological polar surface area (TPSA) is 0 Å². The fourth-order valence-electron chi connectivity index (χ4n) is 1.88. The van der Waals surface area contributed by atoms with E-state index in [-0.39, 0.29) is 4.87 Å². The lowest BCUT2D eigenvalue weighted by molar-refractivity contribution is 0.162. The van der Waals surface area contributed by atoms with Crippen LogP contribution in [0.3, 0.4) is 0 Å². The maximum absolute atomic E-state index is 6.23. The van der Waals surface area contributed by atoms with Gasteiger partial charge < -0.3 is 0 Å². The van der Waals surface area contributed by atoms with Crippen LogP contribution in [0.25, 0.3) is 0 Å². The molecule has 3 atom stereocenters. The van der Waals surface area contributed by atoms with Crippen molar-refractivity contribution in [1.29, 1.82) is 0 Å². The summed E-state index contributed by atoms with van der Waals surface area (Å²) in [4.78, 5) is 0.0199. The molecule has 0 heterocycles. The molecule has 0 spiro atoms. The molecule has 1 rings (SSSR count). The van der Waals surface area contributed by atoms with Crippen LogP contribution in [0, 0.1) is 11.8 Å². The number of hydrogen-bond acceptors (Lipinski definition) is 0. The van der Waals surface area contributed by atoms with Gasteiger partial charge in [0.15, 0.2) is 0 Å². The van der Waals surface area contributed by atoms with Gasteiger partial charge in [-0.2, -0.15) is 0 Å². The minimum atomic E-state index is 0.0199. The summed E-state index contributed by atoms with van der Waals surface area (Å²) in [6.07, 6.45) is 3.18. The van der Waals surface area contributed by atoms with Crippen molar-refractivity contribution in [3.8, 4) is 0 Å². The number of rotatable bonds is 2. The van der Waals surface area contributed by atoms with Crippen LogP contribution >= 0.6 is 23.2 Å². The van der Waals surface area contributed by atoms with Crippen LogP contribution in [-0.2, 0) is 0 Å². The lowest BCUT2D eigenvalue weighted by atomic mass is 9.63. The molecule has 0 aromatic heterocycles. The van der Waals surface area contributed by atoms with E-state index in [4.69, 9.17) is 23.2 Å². The zero-order valence-electron chi connectivity index (χ0n) is 7.90. The van der Waals surface area contributed by atoms with Crippen LogP contribution < -0.4 is 0 Å². The predicted molar refractivity (Wildman–Crippen MR) is 56.0 cm³/mol. The van der Waals surface area contributed by atoms with Gasteiger partial charge in [-0.05, 0) is 32.1 Å². The van der Waals surface area contributed by atoms with E-state index in [1.54, 1.807) is 0 Å². The summed E-state index contributed by atoms with van der Waals surface area (Å²) < 4.78 is 0. The second kappa shape index (κ2) is 3.59. The van der Waals surface area contributed by atoms with Gasteiger partial charge in [0.1, 0.15) is 0 Å². The van der Waals surface area contributed by atoms with Gasteiger partial charge in [-0.1, -0.05) is 18.6 Å². The first-order chi connectivity index (χ1) is 5.49. The second-order valence-corrected chi connectivity index (χ2v) is 5.15. The van der Waals surface area contributed by atoms with Crippen LogP contribution in [0.1, 0.15) is 27.2 Å². The van der Waals surface area contributed by atoms with E-state index in [0.717, 1.165) is 6.42 Å². The smallest absolute Gasteiger partial charge is 0.0455 e. The standard InChI is InChI=1S/C10H16Cl2/c1-7(4-5-11)9-6-10(3,12)8(9)2/h4,8-9H,5-6H2,1-3H3/b7-4+. The Hall–Kier alpha value is 0.320. The maximum atomic E-state index is 6.23. The van der Waals surface area contributed by atoms with Gasteiger partial charge in [-0.15, -0.1) is 23.2 Å². The van der Waals surface area contributed by atoms with Crippen LogP contribution in [0.15, 0.2) is 11.6 Å². The third kappa shape index (κ3) is 1.80. The van der Waals surface area contributed by atoms with Gasteiger partial charge in [-0.25, -0.2) is 0 Å². The van der Waals surface area contributed by atoms with Crippen molar-refractivity contribution in [3.05, 3.63) is 11.6 Å². The third-order valence-electron chi connectivity index (χ3n) is 3.16. The molecular weight excluding hydrogens is 191 g/mol. The molecule has 3 unspecified atom stereocenters. The van der Waals surface area contributed by atoms with Crippen molar-refractivity contribution >= 4 is 23.2 Å². The van der Waals surface area contributed by atoms with Gasteiger partial charge in [0.05, 0.1) is 0 Å². The van der Waals surface area contributed by atoms with E-state index in [1.807, 2.05) is 0 Å². The zero-order valence-corrected chi connectivity index (χ0v) is 9.41. The van der Waals surface area contributed by atoms with Crippen molar-refractivity contribution in [2.45, 2.75) is 32.1 Å². The lowest BCUT2D eigenvalue weighted by Crippen LogP contribution is -2.46. The van der Waals surface area contributed by atoms with Gasteiger partial charge in [0.2, 0.25) is 0 Å². The van der Waals surface area contributed by atoms with Crippen molar-refractivity contribution in [2.24, 2.45) is 11.8 Å². The molecular formula is C10H16Cl2. The fraction of sp³-hybridized carbons (Fsp3) is 0.800. The van der Waals surface area contributed by atoms with Crippen molar-refractivity contribution in [1.82, 2.24) is 0 Å². The largest absolute Gasteiger partial charge is 0.122 e. The number of halogens is 2. The summed E-state index contributed by atoms with van der Waals surface area (Å²) in [5.41, 5.74) is 1.40. The first kappa shape index (κ1) is 10.4. The summed E-state index contributed by atoms with van der Waals surface area (Å²) in [7, 11) is 0. The summed E-state index contributed by atoms with van der Waals surface area (Å²) in [5.74, 6) is 1.86. The van der Waals surface area contributed by atoms with E-state index >= 15 is 0 Å². The normalized spacial score (nSPS) is 42.6. The van der Waals surface area contributed by atoms with Crippen LogP contribution in [-0.4, -0.2) is 10.8 Å². The van der Waals surface area contributed by atoms with Crippen LogP contribution in [0.2, 0.25) is 0 Å². The molecule has 0 bridgehead atoms. The molecule has 0 aliphatic heterocycles. The first-order valence-electron chi connectivity index (χ1n) is 4.40. The molecule has 0 amide bonds. The molecule has 2 heteroatoms. The summed E-state index contributed by atoms with van der Waals surface area (Å²) in [5, 5.41) is 0. The molecule has 1 aliphatic rings. The van der Waals surface area contributed by atoms with Crippen molar-refractivity contribution in [2.75, 3.05) is 5.88 Å². The first-order valence-corrected chi connectivity index (χ1v) is 5.32. The third-order valence-corrected chi connectivity index (χ3v) is 3.81. The molecule has 70 valence electrons. The number of hydrogen-bond donors (Lipinski definition) is 0. The van der Waals surface area contributed by atoms with E-state index in [1.165, 1.54) is 5.57 Å². The Morgan fingerprint density at radius 2 is 2.25 bits per heavy atom. The highest BCUT2D eigenvalue weighted by Crippen LogP contribution is 2.51. The van der Waals surface area contributed by atoms with Gasteiger partial charge in [0, 0.05) is 10.8 Å². The zero-order chi connectivity index (χ0) is 9.35. The summed E-state index contributed by atoms with van der Waals surface area (Å²) in [6, 6.07) is 0. The molecule has 0 aromatic carbocycles. The Morgan fingerprint density at radius 3 is 2.58 bits per heavy atom. The van der Waals surface area contributed by atoms with Gasteiger partial charge in [0.25, 0.3) is 0 Å². The minimum absolute atomic E-state index is 0.0199. The van der Waals surface area contributed by atoms with Crippen molar-refractivity contribution in [3.63, 3.8) is 0 Å². The minimum Gasteiger partial charge on any atom is -0.122 e. The molecule has 1 aliphatic carbocycles. The predicted octanol–water partition coefficient (Wildman–Crippen LogP) is 3.83. The number of alkyl halides is 2. The summed E-state index contributed by atoms with van der Waals surface area (Å²) in [6.45, 7) is 6.48. The molecule has 0 radical (unpaired) electrons. The summed E-state index contributed by atoms with van der Waals surface area (Å²) >= 11 is 11.9. The quantitative estimate of drug-likeness (QED) is 0.477. The SMILES string of the molecule is C/C(=C\CCl)C1CC(C)(Cl)C1C. The van der Waals surface area contributed by atoms with E-state index in [9.17, 15) is 0 Å². The molecule has 0 aromatic rings. The average Bonchev–Trinajstić information content (AvgIpc) is 2.00. The van der Waals surface area contributed by atoms with Gasteiger partial charge >= 0.3 is 0 Å². The highest BCUT2D eigenvalue weighted by atomic mass is 35.5. The average molecular weight is 207 g/mol. The highest BCUT2D eigenvalue weighted by Gasteiger charge is 2.46. The Kier molecular flexibility index (Phi) is 3.11. The van der Waals surface area contributed by atoms with Crippen LogP contribution in [0.4, 0.5) is 0 Å². The van der Waals surface area contributed by atoms with Gasteiger partial charge in [-0.3, -0.25) is 0 Å². The Balaban J connectivity index is 2.55. The molecule has 0 nitrogen and oxygen atoms in total. The molecule has 0 N–H and O–H groups in total. The fourth-order valence-corrected chi connectivity index (χ4v) is 2.44. The molecule has 1 saturated carbocycles. The highest BCUT2D eigenvalue weighted by molar-refractivity contribution is 6.24. The van der Waals surface area contributed by atoms with Crippen LogP contribution in [0.5, 0.6) is 0 Å². The van der Waals surface area contributed by atoms with E-state index in [2.05, 4.69) is 26.8 Å². The maximum Gasteiger partial charge on any atom is 0.0455 e. The van der Waals surface area contributed by atoms with E-state index in [0.29, 0.717) is 17.7 Å². The molecule has 12 heavy (non-hydrogen) atoms. The van der Waals surface area contributed by atoms with E-state index < -0.39 is 0 Å². The Morgan fingerprint density at radius 1 is 1.67 bits per heavy atom. The Bertz CT molecular complexity index is 194. The lowest BCUT2D eigenvalue weighted by Gasteiger charge is -2.48. The monoisotopic (exact) mass is 206 g/mol. The Labute approximate surface area is 84.9 Å². The number of allylic oxidation sites excluding steroid dienone is 2. The molecule has 0 saturated heterocycles.